The fourth-order valence-corrected chi connectivity index (χ4v) is 3.68. The van der Waals surface area contributed by atoms with Crippen LogP contribution in [0.5, 0.6) is 11.5 Å². The van der Waals surface area contributed by atoms with Gasteiger partial charge in [-0.3, -0.25) is 0 Å². The fourth-order valence-electron chi connectivity index (χ4n) is 3.46. The molecule has 1 aliphatic heterocycles. The fraction of sp³-hybridized carbons (Fsp3) is 0.526. The summed E-state index contributed by atoms with van der Waals surface area (Å²) in [7, 11) is 0. The van der Waals surface area contributed by atoms with Gasteiger partial charge in [-0.15, -0.1) is 0 Å². The Morgan fingerprint density at radius 3 is 3.00 bits per heavy atom. The predicted octanol–water partition coefficient (Wildman–Crippen LogP) is 5.05. The first-order valence-electron chi connectivity index (χ1n) is 8.41. The number of hydrogen-bond donors (Lipinski definition) is 0. The molecule has 2 atom stereocenters. The second-order valence-corrected chi connectivity index (χ2v) is 6.96. The first kappa shape index (κ1) is 16.4. The van der Waals surface area contributed by atoms with Gasteiger partial charge in [-0.25, -0.2) is 0 Å². The lowest BCUT2D eigenvalue weighted by Gasteiger charge is -2.20. The van der Waals surface area contributed by atoms with Crippen LogP contribution in [0.4, 0.5) is 0 Å². The van der Waals surface area contributed by atoms with Crippen molar-refractivity contribution in [2.45, 2.75) is 51.6 Å². The molecule has 1 aromatic carbocycles. The topological polar surface area (TPSA) is 35.5 Å². The van der Waals surface area contributed by atoms with Gasteiger partial charge in [-0.2, -0.15) is 0 Å². The summed E-state index contributed by atoms with van der Waals surface area (Å²) in [4.78, 5) is 11.3. The van der Waals surface area contributed by atoms with E-state index >= 15 is 0 Å². The third-order valence-corrected chi connectivity index (χ3v) is 4.90. The van der Waals surface area contributed by atoms with E-state index in [1.807, 2.05) is 24.3 Å². The first-order valence-corrected chi connectivity index (χ1v) is 8.78. The highest BCUT2D eigenvalue weighted by molar-refractivity contribution is 6.32. The summed E-state index contributed by atoms with van der Waals surface area (Å²) in [6.45, 7) is 2.27. The molecule has 0 saturated heterocycles. The molecule has 3 nitrogen and oxygen atoms in total. The van der Waals surface area contributed by atoms with Crippen molar-refractivity contribution in [3.05, 3.63) is 28.8 Å². The van der Waals surface area contributed by atoms with Gasteiger partial charge in [0.15, 0.2) is 0 Å². The number of Topliss-reactive ketones (excluding diaryl/α,β-unsaturated/α-hetero) is 1. The van der Waals surface area contributed by atoms with Gasteiger partial charge in [0, 0.05) is 18.1 Å². The predicted molar refractivity (Wildman–Crippen MR) is 92.3 cm³/mol. The summed E-state index contributed by atoms with van der Waals surface area (Å²) >= 11 is 6.36. The van der Waals surface area contributed by atoms with E-state index in [-0.39, 0.29) is 11.9 Å². The molecule has 4 heteroatoms. The van der Waals surface area contributed by atoms with E-state index in [9.17, 15) is 4.79 Å². The third-order valence-electron chi connectivity index (χ3n) is 4.60. The number of halogens is 1. The van der Waals surface area contributed by atoms with Crippen LogP contribution in [0.1, 0.15) is 51.0 Å². The Morgan fingerprint density at radius 1 is 1.30 bits per heavy atom. The molecule has 2 unspecified atom stereocenters. The molecule has 0 amide bonds. The monoisotopic (exact) mass is 334 g/mol. The highest BCUT2D eigenvalue weighted by atomic mass is 35.5. The summed E-state index contributed by atoms with van der Waals surface area (Å²) in [6.07, 6.45) is 10.1. The Labute approximate surface area is 142 Å². The summed E-state index contributed by atoms with van der Waals surface area (Å²) in [5, 5.41) is 0.628. The minimum absolute atomic E-state index is 0.168. The molecule has 0 spiro atoms. The van der Waals surface area contributed by atoms with Crippen LogP contribution < -0.4 is 9.47 Å². The number of fused-ring (bicyclic) bond motifs is 1. The van der Waals surface area contributed by atoms with E-state index in [1.54, 1.807) is 6.92 Å². The highest BCUT2D eigenvalue weighted by Gasteiger charge is 2.22. The molecule has 1 heterocycles. The molecule has 1 aromatic rings. The Morgan fingerprint density at radius 2 is 2.17 bits per heavy atom. The standard InChI is InChI=1S/C19H23ClO3/c1-13(21)10-14-4-2-6-16(8-7-14)23-19-12-18-15(11-17(19)20)5-3-9-22-18/h3,5,11-12,14,16H,2,4,6-10H2,1H3. The van der Waals surface area contributed by atoms with Crippen LogP contribution in [0.15, 0.2) is 18.2 Å². The lowest BCUT2D eigenvalue weighted by molar-refractivity contribution is -0.118. The summed E-state index contributed by atoms with van der Waals surface area (Å²) in [5.74, 6) is 2.33. The molecule has 0 bridgehead atoms. The Kier molecular flexibility index (Phi) is 5.27. The first-order chi connectivity index (χ1) is 11.1. The molecule has 1 saturated carbocycles. The highest BCUT2D eigenvalue weighted by Crippen LogP contribution is 2.37. The zero-order chi connectivity index (χ0) is 16.2. The van der Waals surface area contributed by atoms with Crippen molar-refractivity contribution in [1.29, 1.82) is 0 Å². The van der Waals surface area contributed by atoms with Gasteiger partial charge in [-0.1, -0.05) is 17.7 Å². The number of rotatable bonds is 4. The molecular formula is C19H23ClO3. The van der Waals surface area contributed by atoms with E-state index in [4.69, 9.17) is 21.1 Å². The zero-order valence-corrected chi connectivity index (χ0v) is 14.3. The van der Waals surface area contributed by atoms with E-state index in [0.717, 1.165) is 43.4 Å². The van der Waals surface area contributed by atoms with Crippen LogP contribution >= 0.6 is 11.6 Å². The van der Waals surface area contributed by atoms with Gasteiger partial charge < -0.3 is 14.3 Å². The molecule has 23 heavy (non-hydrogen) atoms. The number of ether oxygens (including phenoxy) is 2. The third kappa shape index (κ3) is 4.29. The number of carbonyl (C=O) groups is 1. The smallest absolute Gasteiger partial charge is 0.142 e. The van der Waals surface area contributed by atoms with Crippen molar-refractivity contribution in [3.63, 3.8) is 0 Å². The van der Waals surface area contributed by atoms with E-state index < -0.39 is 0 Å². The minimum Gasteiger partial charge on any atom is -0.489 e. The SMILES string of the molecule is CC(=O)CC1CCCC(Oc2cc3c(cc2Cl)C=CCO3)CC1. The summed E-state index contributed by atoms with van der Waals surface area (Å²) < 4.78 is 11.8. The average molecular weight is 335 g/mol. The van der Waals surface area contributed by atoms with Gasteiger partial charge in [-0.05, 0) is 57.1 Å². The van der Waals surface area contributed by atoms with Gasteiger partial charge in [0.2, 0.25) is 0 Å². The molecule has 0 aromatic heterocycles. The number of benzene rings is 1. The van der Waals surface area contributed by atoms with Crippen LogP contribution in [0.2, 0.25) is 5.02 Å². The second kappa shape index (κ2) is 7.39. The quantitative estimate of drug-likeness (QED) is 0.722. The van der Waals surface area contributed by atoms with Crippen LogP contribution in [0.3, 0.4) is 0 Å². The number of carbonyl (C=O) groups excluding carboxylic acids is 1. The van der Waals surface area contributed by atoms with Crippen molar-refractivity contribution in [2.24, 2.45) is 5.92 Å². The van der Waals surface area contributed by atoms with Gasteiger partial charge >= 0.3 is 0 Å². The maximum Gasteiger partial charge on any atom is 0.142 e. The van der Waals surface area contributed by atoms with Crippen LogP contribution in [-0.4, -0.2) is 18.5 Å². The molecule has 3 rings (SSSR count). The summed E-state index contributed by atoms with van der Waals surface area (Å²) in [5.41, 5.74) is 0.996. The van der Waals surface area contributed by atoms with E-state index in [1.165, 1.54) is 0 Å². The molecule has 0 N–H and O–H groups in total. The lowest BCUT2D eigenvalue weighted by Crippen LogP contribution is -2.16. The molecule has 2 aliphatic rings. The largest absolute Gasteiger partial charge is 0.489 e. The molecule has 0 radical (unpaired) electrons. The maximum atomic E-state index is 11.3. The lowest BCUT2D eigenvalue weighted by atomic mass is 9.95. The summed E-state index contributed by atoms with van der Waals surface area (Å²) in [6, 6.07) is 3.80. The van der Waals surface area contributed by atoms with E-state index in [2.05, 4.69) is 0 Å². The van der Waals surface area contributed by atoms with Crippen molar-refractivity contribution in [3.8, 4) is 11.5 Å². The molecule has 1 aliphatic carbocycles. The van der Waals surface area contributed by atoms with Gasteiger partial charge in [0.1, 0.15) is 23.9 Å². The van der Waals surface area contributed by atoms with Crippen LogP contribution in [-0.2, 0) is 4.79 Å². The van der Waals surface area contributed by atoms with Crippen molar-refractivity contribution in [1.82, 2.24) is 0 Å². The van der Waals surface area contributed by atoms with Gasteiger partial charge in [0.25, 0.3) is 0 Å². The van der Waals surface area contributed by atoms with Crippen LogP contribution in [0.25, 0.3) is 6.08 Å². The molecular weight excluding hydrogens is 312 g/mol. The minimum atomic E-state index is 0.168. The Hall–Kier alpha value is -1.48. The Bertz CT molecular complexity index is 609. The normalized spacial score (nSPS) is 23.6. The van der Waals surface area contributed by atoms with Gasteiger partial charge in [0.05, 0.1) is 11.1 Å². The second-order valence-electron chi connectivity index (χ2n) is 6.55. The Balaban J connectivity index is 1.65. The van der Waals surface area contributed by atoms with E-state index in [0.29, 0.717) is 29.7 Å². The maximum absolute atomic E-state index is 11.3. The van der Waals surface area contributed by atoms with Crippen molar-refractivity contribution in [2.75, 3.05) is 6.61 Å². The van der Waals surface area contributed by atoms with Crippen LogP contribution in [0, 0.1) is 5.92 Å². The number of ketones is 1. The van der Waals surface area contributed by atoms with Crippen molar-refractivity contribution < 1.29 is 14.3 Å². The molecule has 1 fully saturated rings. The van der Waals surface area contributed by atoms with Crippen molar-refractivity contribution >= 4 is 23.5 Å². The number of hydrogen-bond acceptors (Lipinski definition) is 3. The zero-order valence-electron chi connectivity index (χ0n) is 13.5. The molecule has 124 valence electrons. The average Bonchev–Trinajstić information content (AvgIpc) is 2.73.